The highest BCUT2D eigenvalue weighted by atomic mass is 32.1. The van der Waals surface area contributed by atoms with Crippen molar-refractivity contribution in [3.05, 3.63) is 29.8 Å². The van der Waals surface area contributed by atoms with Crippen LogP contribution in [-0.4, -0.2) is 11.1 Å². The van der Waals surface area contributed by atoms with Crippen LogP contribution in [0.25, 0.3) is 0 Å². The predicted molar refractivity (Wildman–Crippen MR) is 58.0 cm³/mol. The maximum atomic E-state index is 8.56. The SMILES string of the molecule is CC(N)C(=S)Oc1ccc(C#N)cc1. The first-order valence-electron chi connectivity index (χ1n) is 4.11. The van der Waals surface area contributed by atoms with Crippen molar-refractivity contribution in [2.45, 2.75) is 13.0 Å². The average molecular weight is 206 g/mol. The minimum absolute atomic E-state index is 0.277. The molecule has 0 saturated carbocycles. The molecule has 0 aliphatic carbocycles. The second-order valence-electron chi connectivity index (χ2n) is 2.85. The molecule has 1 unspecified atom stereocenters. The summed E-state index contributed by atoms with van der Waals surface area (Å²) >= 11 is 4.91. The number of ether oxygens (including phenoxy) is 1. The lowest BCUT2D eigenvalue weighted by Crippen LogP contribution is -2.29. The molecule has 1 aromatic rings. The number of nitriles is 1. The molecule has 0 aromatic heterocycles. The number of hydrogen-bond donors (Lipinski definition) is 1. The highest BCUT2D eigenvalue weighted by Gasteiger charge is 2.04. The van der Waals surface area contributed by atoms with Gasteiger partial charge >= 0.3 is 0 Å². The van der Waals surface area contributed by atoms with Crippen LogP contribution in [0.4, 0.5) is 0 Å². The largest absolute Gasteiger partial charge is 0.449 e. The van der Waals surface area contributed by atoms with Crippen LogP contribution in [0.1, 0.15) is 12.5 Å². The zero-order chi connectivity index (χ0) is 10.6. The second-order valence-corrected chi connectivity index (χ2v) is 3.25. The fourth-order valence-electron chi connectivity index (χ4n) is 0.807. The lowest BCUT2D eigenvalue weighted by atomic mass is 10.2. The van der Waals surface area contributed by atoms with Crippen molar-refractivity contribution >= 4 is 17.3 Å². The Labute approximate surface area is 88.1 Å². The fraction of sp³-hybridized carbons (Fsp3) is 0.200. The highest BCUT2D eigenvalue weighted by Crippen LogP contribution is 2.12. The minimum Gasteiger partial charge on any atom is -0.449 e. The summed E-state index contributed by atoms with van der Waals surface area (Å²) in [6.45, 7) is 1.76. The fourth-order valence-corrected chi connectivity index (χ4v) is 0.903. The Kier molecular flexibility index (Phi) is 3.57. The molecule has 14 heavy (non-hydrogen) atoms. The van der Waals surface area contributed by atoms with Gasteiger partial charge in [-0.15, -0.1) is 0 Å². The van der Waals surface area contributed by atoms with Gasteiger partial charge in [-0.05, 0) is 43.4 Å². The third-order valence-corrected chi connectivity index (χ3v) is 2.03. The molecule has 0 heterocycles. The molecule has 0 spiro atoms. The van der Waals surface area contributed by atoms with Crippen molar-refractivity contribution in [1.82, 2.24) is 0 Å². The van der Waals surface area contributed by atoms with Crippen LogP contribution in [0.2, 0.25) is 0 Å². The molecule has 1 atom stereocenters. The van der Waals surface area contributed by atoms with Crippen molar-refractivity contribution in [3.8, 4) is 11.8 Å². The van der Waals surface area contributed by atoms with Gasteiger partial charge in [-0.2, -0.15) is 5.26 Å². The second kappa shape index (κ2) is 4.70. The molecule has 2 N–H and O–H groups in total. The van der Waals surface area contributed by atoms with E-state index in [0.29, 0.717) is 16.4 Å². The molecule has 0 radical (unpaired) electrons. The smallest absolute Gasteiger partial charge is 0.183 e. The lowest BCUT2D eigenvalue weighted by molar-refractivity contribution is 0.538. The summed E-state index contributed by atoms with van der Waals surface area (Å²) in [5, 5.41) is 8.90. The quantitative estimate of drug-likeness (QED) is 0.747. The summed E-state index contributed by atoms with van der Waals surface area (Å²) in [4.78, 5) is 0. The molecule has 3 nitrogen and oxygen atoms in total. The number of nitrogens with two attached hydrogens (primary N) is 1. The van der Waals surface area contributed by atoms with Crippen LogP contribution in [-0.2, 0) is 0 Å². The maximum absolute atomic E-state index is 8.56. The first-order valence-corrected chi connectivity index (χ1v) is 4.51. The molecule has 0 amide bonds. The van der Waals surface area contributed by atoms with E-state index in [1.807, 2.05) is 6.07 Å². The van der Waals surface area contributed by atoms with E-state index in [0.717, 1.165) is 0 Å². The molecule has 1 aromatic carbocycles. The summed E-state index contributed by atoms with van der Waals surface area (Å²) in [6, 6.07) is 8.45. The Morgan fingerprint density at radius 2 is 2.07 bits per heavy atom. The first-order chi connectivity index (χ1) is 6.63. The molecular formula is C10H10N2OS. The number of thiocarbonyl (C=S) groups is 1. The molecular weight excluding hydrogens is 196 g/mol. The van der Waals surface area contributed by atoms with Crippen molar-refractivity contribution < 1.29 is 4.74 Å². The van der Waals surface area contributed by atoms with Crippen molar-refractivity contribution in [3.63, 3.8) is 0 Å². The maximum Gasteiger partial charge on any atom is 0.183 e. The summed E-state index contributed by atoms with van der Waals surface area (Å²) in [5.74, 6) is 0.603. The summed E-state index contributed by atoms with van der Waals surface area (Å²) in [5.41, 5.74) is 6.11. The Morgan fingerprint density at radius 1 is 1.50 bits per heavy atom. The van der Waals surface area contributed by atoms with E-state index in [2.05, 4.69) is 0 Å². The van der Waals surface area contributed by atoms with E-state index in [-0.39, 0.29) is 6.04 Å². The van der Waals surface area contributed by atoms with Gasteiger partial charge < -0.3 is 10.5 Å². The highest BCUT2D eigenvalue weighted by molar-refractivity contribution is 7.80. The molecule has 0 fully saturated rings. The van der Waals surface area contributed by atoms with Gasteiger partial charge in [-0.25, -0.2) is 0 Å². The number of rotatable bonds is 2. The van der Waals surface area contributed by atoms with Crippen LogP contribution < -0.4 is 10.5 Å². The van der Waals surface area contributed by atoms with Gasteiger partial charge in [0.05, 0.1) is 17.7 Å². The number of nitrogens with zero attached hydrogens (tertiary/aromatic N) is 1. The summed E-state index contributed by atoms with van der Waals surface area (Å²) in [6.07, 6.45) is 0. The van der Waals surface area contributed by atoms with E-state index in [4.69, 9.17) is 28.0 Å². The zero-order valence-electron chi connectivity index (χ0n) is 7.73. The van der Waals surface area contributed by atoms with E-state index in [1.54, 1.807) is 31.2 Å². The monoisotopic (exact) mass is 206 g/mol. The standard InChI is InChI=1S/C10H10N2OS/c1-7(12)10(14)13-9-4-2-8(6-11)3-5-9/h2-5,7H,12H2,1H3. The van der Waals surface area contributed by atoms with Gasteiger partial charge in [0.25, 0.3) is 0 Å². The van der Waals surface area contributed by atoms with Crippen LogP contribution in [0.5, 0.6) is 5.75 Å². The van der Waals surface area contributed by atoms with Gasteiger partial charge in [-0.1, -0.05) is 0 Å². The number of benzene rings is 1. The molecule has 72 valence electrons. The zero-order valence-corrected chi connectivity index (χ0v) is 8.54. The molecule has 0 saturated heterocycles. The third-order valence-electron chi connectivity index (χ3n) is 1.57. The summed E-state index contributed by atoms with van der Waals surface area (Å²) in [7, 11) is 0. The van der Waals surface area contributed by atoms with Gasteiger partial charge in [0.15, 0.2) is 5.05 Å². The average Bonchev–Trinajstić information content (AvgIpc) is 2.19. The van der Waals surface area contributed by atoms with Crippen LogP contribution in [0.3, 0.4) is 0 Å². The van der Waals surface area contributed by atoms with Crippen molar-refractivity contribution in [1.29, 1.82) is 5.26 Å². The van der Waals surface area contributed by atoms with Crippen LogP contribution in [0.15, 0.2) is 24.3 Å². The summed E-state index contributed by atoms with van der Waals surface area (Å²) < 4.78 is 5.27. The molecule has 1 rings (SSSR count). The lowest BCUT2D eigenvalue weighted by Gasteiger charge is -2.09. The molecule has 0 aliphatic heterocycles. The molecule has 4 heteroatoms. The minimum atomic E-state index is -0.277. The van der Waals surface area contributed by atoms with E-state index < -0.39 is 0 Å². The van der Waals surface area contributed by atoms with Crippen LogP contribution >= 0.6 is 12.2 Å². The van der Waals surface area contributed by atoms with E-state index in [1.165, 1.54) is 0 Å². The van der Waals surface area contributed by atoms with Crippen molar-refractivity contribution in [2.24, 2.45) is 5.73 Å². The van der Waals surface area contributed by atoms with E-state index in [9.17, 15) is 0 Å². The van der Waals surface area contributed by atoms with E-state index >= 15 is 0 Å². The molecule has 0 bridgehead atoms. The number of hydrogen-bond acceptors (Lipinski definition) is 4. The van der Waals surface area contributed by atoms with Gasteiger partial charge in [0, 0.05) is 0 Å². The Hall–Kier alpha value is -1.44. The topological polar surface area (TPSA) is 59.0 Å². The normalized spacial score (nSPS) is 11.5. The van der Waals surface area contributed by atoms with Gasteiger partial charge in [0.2, 0.25) is 0 Å². The van der Waals surface area contributed by atoms with Gasteiger partial charge in [-0.3, -0.25) is 0 Å². The van der Waals surface area contributed by atoms with Crippen LogP contribution in [0, 0.1) is 11.3 Å². The van der Waals surface area contributed by atoms with Gasteiger partial charge in [0.1, 0.15) is 5.75 Å². The third kappa shape index (κ3) is 2.80. The Bertz CT molecular complexity index is 365. The first kappa shape index (κ1) is 10.6. The Morgan fingerprint density at radius 3 is 2.50 bits per heavy atom. The van der Waals surface area contributed by atoms with Crippen molar-refractivity contribution in [2.75, 3.05) is 0 Å². The molecule has 0 aliphatic rings. The Balaban J connectivity index is 2.70. The predicted octanol–water partition coefficient (Wildman–Crippen LogP) is 1.61.